The molecule has 0 aromatic heterocycles. The van der Waals surface area contributed by atoms with Gasteiger partial charge < -0.3 is 10.2 Å². The van der Waals surface area contributed by atoms with Gasteiger partial charge in [-0.05, 0) is 31.0 Å². The number of carbonyl (C=O) groups is 1. The average molecular weight is 289 g/mol. The van der Waals surface area contributed by atoms with Gasteiger partial charge in [0.1, 0.15) is 0 Å². The van der Waals surface area contributed by atoms with Gasteiger partial charge in [0.2, 0.25) is 0 Å². The first-order valence-corrected chi connectivity index (χ1v) is 6.12. The van der Waals surface area contributed by atoms with E-state index in [1.54, 1.807) is 0 Å². The van der Waals surface area contributed by atoms with Crippen LogP contribution < -0.4 is 0 Å². The first-order chi connectivity index (χ1) is 9.26. The summed E-state index contributed by atoms with van der Waals surface area (Å²) in [6.45, 7) is -1.47. The third-order valence-electron chi connectivity index (χ3n) is 3.09. The van der Waals surface area contributed by atoms with E-state index in [0.717, 1.165) is 17.0 Å². The molecule has 1 aliphatic carbocycles. The van der Waals surface area contributed by atoms with Crippen LogP contribution in [0.15, 0.2) is 18.2 Å². The molecule has 1 fully saturated rings. The van der Waals surface area contributed by atoms with E-state index in [0.29, 0.717) is 12.8 Å². The Morgan fingerprint density at radius 2 is 1.90 bits per heavy atom. The van der Waals surface area contributed by atoms with Gasteiger partial charge in [-0.1, -0.05) is 0 Å². The zero-order valence-corrected chi connectivity index (χ0v) is 10.5. The molecule has 1 aromatic carbocycles. The first-order valence-electron chi connectivity index (χ1n) is 6.12. The monoisotopic (exact) mass is 289 g/mol. The molecule has 1 saturated carbocycles. The highest BCUT2D eigenvalue weighted by atomic mass is 19.4. The summed E-state index contributed by atoms with van der Waals surface area (Å²) in [4.78, 5) is 13.0. The van der Waals surface area contributed by atoms with E-state index >= 15 is 0 Å². The fourth-order valence-electron chi connectivity index (χ4n) is 1.96. The van der Waals surface area contributed by atoms with Crippen LogP contribution in [0.1, 0.15) is 23.2 Å². The van der Waals surface area contributed by atoms with Gasteiger partial charge in [-0.15, -0.1) is 0 Å². The Labute approximate surface area is 113 Å². The van der Waals surface area contributed by atoms with Crippen LogP contribution >= 0.6 is 0 Å². The molecule has 0 spiro atoms. The number of nitrogens with zero attached hydrogens (tertiary/aromatic N) is 1. The molecule has 0 aliphatic heterocycles. The third kappa shape index (κ3) is 3.86. The summed E-state index contributed by atoms with van der Waals surface area (Å²) in [5.74, 6) is -1.36. The molecule has 0 heterocycles. The molecular weight excluding hydrogens is 275 g/mol. The van der Waals surface area contributed by atoms with Crippen molar-refractivity contribution < 1.29 is 28.2 Å². The van der Waals surface area contributed by atoms with Gasteiger partial charge in [0.05, 0.1) is 13.1 Å². The molecule has 1 aromatic rings. The fourth-order valence-corrected chi connectivity index (χ4v) is 1.96. The molecule has 0 radical (unpaired) electrons. The number of benzene rings is 1. The lowest BCUT2D eigenvalue weighted by molar-refractivity contribution is -0.145. The van der Waals surface area contributed by atoms with Gasteiger partial charge in [-0.25, -0.2) is 0 Å². The van der Waals surface area contributed by atoms with Gasteiger partial charge in [-0.3, -0.25) is 9.69 Å². The van der Waals surface area contributed by atoms with Gasteiger partial charge in [0, 0.05) is 11.6 Å². The van der Waals surface area contributed by atoms with Gasteiger partial charge in [0.25, 0.3) is 0 Å². The minimum absolute atomic E-state index is 0.0770. The minimum atomic E-state index is -4.35. The molecule has 7 heteroatoms. The summed E-state index contributed by atoms with van der Waals surface area (Å²) < 4.78 is 37.3. The number of hydrogen-bond acceptors (Lipinski definition) is 4. The maximum absolute atomic E-state index is 12.4. The molecule has 0 saturated heterocycles. The van der Waals surface area contributed by atoms with E-state index in [1.165, 1.54) is 6.07 Å². The fraction of sp³-hybridized carbons (Fsp3) is 0.462. The highest BCUT2D eigenvalue weighted by Crippen LogP contribution is 2.31. The summed E-state index contributed by atoms with van der Waals surface area (Å²) in [6.07, 6.45) is -3.03. The van der Waals surface area contributed by atoms with Crippen molar-refractivity contribution in [1.82, 2.24) is 4.90 Å². The zero-order chi connectivity index (χ0) is 14.9. The van der Waals surface area contributed by atoms with Crippen molar-refractivity contribution in [2.24, 2.45) is 0 Å². The zero-order valence-electron chi connectivity index (χ0n) is 10.5. The second-order valence-electron chi connectivity index (χ2n) is 4.88. The Morgan fingerprint density at radius 1 is 1.25 bits per heavy atom. The van der Waals surface area contributed by atoms with E-state index in [-0.39, 0.29) is 23.9 Å². The second-order valence-corrected chi connectivity index (χ2v) is 4.88. The van der Waals surface area contributed by atoms with Crippen molar-refractivity contribution in [2.75, 3.05) is 13.1 Å². The largest absolute Gasteiger partial charge is 0.504 e. The maximum atomic E-state index is 12.4. The number of alkyl halides is 3. The van der Waals surface area contributed by atoms with Crippen LogP contribution in [0, 0.1) is 0 Å². The SMILES string of the molecule is O=C(CN(CC(F)(F)F)C1CC1)c1ccc(O)c(O)c1. The van der Waals surface area contributed by atoms with Gasteiger partial charge in [-0.2, -0.15) is 13.2 Å². The Balaban J connectivity index is 2.06. The van der Waals surface area contributed by atoms with Crippen LogP contribution in [-0.2, 0) is 0 Å². The summed E-state index contributed by atoms with van der Waals surface area (Å²) in [7, 11) is 0. The molecule has 4 nitrogen and oxygen atoms in total. The van der Waals surface area contributed by atoms with Crippen LogP contribution in [0.5, 0.6) is 11.5 Å². The third-order valence-corrected chi connectivity index (χ3v) is 3.09. The van der Waals surface area contributed by atoms with Crippen LogP contribution in [0.25, 0.3) is 0 Å². The van der Waals surface area contributed by atoms with E-state index in [9.17, 15) is 23.1 Å². The number of phenolic OH excluding ortho intramolecular Hbond substituents is 2. The van der Waals surface area contributed by atoms with Crippen LogP contribution in [-0.4, -0.2) is 46.2 Å². The molecule has 0 bridgehead atoms. The lowest BCUT2D eigenvalue weighted by Gasteiger charge is -2.22. The summed E-state index contributed by atoms with van der Waals surface area (Å²) in [5, 5.41) is 18.4. The normalized spacial score (nSPS) is 15.6. The van der Waals surface area contributed by atoms with Crippen molar-refractivity contribution in [3.63, 3.8) is 0 Å². The standard InChI is InChI=1S/C13H14F3NO3/c14-13(15,16)7-17(9-2-3-9)6-12(20)8-1-4-10(18)11(19)5-8/h1,4-5,9,18-19H,2-3,6-7H2. The van der Waals surface area contributed by atoms with E-state index in [1.807, 2.05) is 0 Å². The quantitative estimate of drug-likeness (QED) is 0.645. The molecule has 2 N–H and O–H groups in total. The predicted molar refractivity (Wildman–Crippen MR) is 64.8 cm³/mol. The van der Waals surface area contributed by atoms with E-state index < -0.39 is 24.3 Å². The van der Waals surface area contributed by atoms with E-state index in [2.05, 4.69) is 0 Å². The Morgan fingerprint density at radius 3 is 2.40 bits per heavy atom. The Hall–Kier alpha value is -1.76. The number of aromatic hydroxyl groups is 2. The first kappa shape index (κ1) is 14.6. The highest BCUT2D eigenvalue weighted by molar-refractivity contribution is 5.98. The molecule has 110 valence electrons. The smallest absolute Gasteiger partial charge is 0.401 e. The summed E-state index contributed by atoms with van der Waals surface area (Å²) >= 11 is 0. The molecule has 0 unspecified atom stereocenters. The van der Waals surface area contributed by atoms with Gasteiger partial charge >= 0.3 is 6.18 Å². The minimum Gasteiger partial charge on any atom is -0.504 e. The molecule has 1 aliphatic rings. The Bertz CT molecular complexity index is 512. The summed E-state index contributed by atoms with van der Waals surface area (Å²) in [5.41, 5.74) is 0.0770. The maximum Gasteiger partial charge on any atom is 0.401 e. The number of hydrogen-bond donors (Lipinski definition) is 2. The average Bonchev–Trinajstić information content (AvgIpc) is 3.14. The lowest BCUT2D eigenvalue weighted by atomic mass is 10.1. The molecular formula is C13H14F3NO3. The topological polar surface area (TPSA) is 60.8 Å². The van der Waals surface area contributed by atoms with Crippen LogP contribution in [0.2, 0.25) is 0 Å². The van der Waals surface area contributed by atoms with Crippen molar-refractivity contribution in [2.45, 2.75) is 25.1 Å². The number of ketones is 1. The summed E-state index contributed by atoms with van der Waals surface area (Å²) in [6, 6.07) is 3.26. The highest BCUT2D eigenvalue weighted by Gasteiger charge is 2.38. The van der Waals surface area contributed by atoms with Crippen molar-refractivity contribution in [3.8, 4) is 11.5 Å². The Kier molecular flexibility index (Phi) is 3.89. The number of rotatable bonds is 5. The molecule has 0 atom stereocenters. The number of halogens is 3. The van der Waals surface area contributed by atoms with Gasteiger partial charge in [0.15, 0.2) is 17.3 Å². The predicted octanol–water partition coefficient (Wildman–Crippen LogP) is 2.31. The molecule has 2 rings (SSSR count). The molecule has 0 amide bonds. The van der Waals surface area contributed by atoms with Crippen molar-refractivity contribution >= 4 is 5.78 Å². The van der Waals surface area contributed by atoms with E-state index in [4.69, 9.17) is 5.11 Å². The second kappa shape index (κ2) is 5.32. The number of phenols is 2. The lowest BCUT2D eigenvalue weighted by Crippen LogP contribution is -2.39. The van der Waals surface area contributed by atoms with Crippen LogP contribution in [0.4, 0.5) is 13.2 Å². The van der Waals surface area contributed by atoms with Crippen molar-refractivity contribution in [1.29, 1.82) is 0 Å². The molecule has 20 heavy (non-hydrogen) atoms. The van der Waals surface area contributed by atoms with Crippen LogP contribution in [0.3, 0.4) is 0 Å². The van der Waals surface area contributed by atoms with Crippen molar-refractivity contribution in [3.05, 3.63) is 23.8 Å². The number of Topliss-reactive ketones (excluding diaryl/α,β-unsaturated/α-hetero) is 1. The number of carbonyl (C=O) groups excluding carboxylic acids is 1.